The van der Waals surface area contributed by atoms with Crippen LogP contribution in [0.1, 0.15) is 20.8 Å². The van der Waals surface area contributed by atoms with E-state index >= 15 is 0 Å². The van der Waals surface area contributed by atoms with Gasteiger partial charge in [-0.15, -0.1) is 0 Å². The third kappa shape index (κ3) is 5.97. The summed E-state index contributed by atoms with van der Waals surface area (Å²) in [5.41, 5.74) is 2.84. The average molecular weight is 177 g/mol. The maximum atomic E-state index is 3.89. The Balaban J connectivity index is 4.02. The van der Waals surface area contributed by atoms with Crippen molar-refractivity contribution in [3.8, 4) is 0 Å². The number of rotatable bonds is 5. The summed E-state index contributed by atoms with van der Waals surface area (Å²) in [4.78, 5) is 0. The van der Waals surface area contributed by atoms with E-state index in [0.29, 0.717) is 5.92 Å². The van der Waals surface area contributed by atoms with Gasteiger partial charge in [-0.1, -0.05) is 45.2 Å². The smallest absolute Gasteiger partial charge is 0.0308 e. The molecule has 0 aliphatic rings. The molecule has 0 aromatic heterocycles. The Morgan fingerprint density at radius 1 is 1.15 bits per heavy atom. The summed E-state index contributed by atoms with van der Waals surface area (Å²) in [6.07, 6.45) is 3.82. The van der Waals surface area contributed by atoms with Gasteiger partial charge in [-0.3, -0.25) is 0 Å². The van der Waals surface area contributed by atoms with E-state index in [1.54, 1.807) is 0 Å². The van der Waals surface area contributed by atoms with Crippen LogP contribution in [0, 0.1) is 5.92 Å². The maximum absolute atomic E-state index is 3.89. The first-order valence-corrected chi connectivity index (χ1v) is 4.41. The standard InChI is InChI=1S/C12H19N/c1-9(2)7-8-11(5)13-12(6)10(3)4/h7-8,10,13H,1,5-6H2,2-4H3/b8-7-. The average Bonchev–Trinajstić information content (AvgIpc) is 2.00. The van der Waals surface area contributed by atoms with E-state index in [2.05, 4.69) is 38.9 Å². The van der Waals surface area contributed by atoms with E-state index in [1.165, 1.54) is 0 Å². The molecule has 0 rings (SSSR count). The van der Waals surface area contributed by atoms with Crippen LogP contribution in [0.25, 0.3) is 0 Å². The zero-order valence-corrected chi connectivity index (χ0v) is 8.85. The summed E-state index contributed by atoms with van der Waals surface area (Å²) >= 11 is 0. The normalized spacial score (nSPS) is 10.5. The van der Waals surface area contributed by atoms with Crippen molar-refractivity contribution in [3.63, 3.8) is 0 Å². The molecule has 0 atom stereocenters. The Bertz CT molecular complexity index is 244. The lowest BCUT2D eigenvalue weighted by atomic mass is 10.1. The van der Waals surface area contributed by atoms with Crippen LogP contribution in [0.3, 0.4) is 0 Å². The first-order valence-electron chi connectivity index (χ1n) is 4.41. The quantitative estimate of drug-likeness (QED) is 0.635. The van der Waals surface area contributed by atoms with Crippen LogP contribution in [-0.2, 0) is 0 Å². The van der Waals surface area contributed by atoms with Crippen molar-refractivity contribution in [2.75, 3.05) is 0 Å². The maximum Gasteiger partial charge on any atom is 0.0308 e. The van der Waals surface area contributed by atoms with E-state index in [-0.39, 0.29) is 0 Å². The van der Waals surface area contributed by atoms with Gasteiger partial charge in [0.25, 0.3) is 0 Å². The zero-order chi connectivity index (χ0) is 10.4. The van der Waals surface area contributed by atoms with Gasteiger partial charge in [0.15, 0.2) is 0 Å². The first-order chi connectivity index (χ1) is 5.93. The van der Waals surface area contributed by atoms with Crippen molar-refractivity contribution in [1.29, 1.82) is 0 Å². The predicted molar refractivity (Wildman–Crippen MR) is 60.2 cm³/mol. The van der Waals surface area contributed by atoms with Gasteiger partial charge in [0.2, 0.25) is 0 Å². The number of allylic oxidation sites excluding steroid dienone is 4. The van der Waals surface area contributed by atoms with Gasteiger partial charge in [0.05, 0.1) is 0 Å². The molecule has 72 valence electrons. The van der Waals surface area contributed by atoms with Gasteiger partial charge in [0.1, 0.15) is 0 Å². The minimum Gasteiger partial charge on any atom is -0.360 e. The molecule has 0 radical (unpaired) electrons. The van der Waals surface area contributed by atoms with Crippen molar-refractivity contribution in [3.05, 3.63) is 48.9 Å². The molecule has 1 heteroatoms. The molecule has 0 aromatic carbocycles. The molecular weight excluding hydrogens is 158 g/mol. The Morgan fingerprint density at radius 2 is 1.69 bits per heavy atom. The highest BCUT2D eigenvalue weighted by molar-refractivity contribution is 5.24. The fourth-order valence-corrected chi connectivity index (χ4v) is 0.635. The lowest BCUT2D eigenvalue weighted by molar-refractivity contribution is 0.710. The second-order valence-electron chi connectivity index (χ2n) is 3.51. The van der Waals surface area contributed by atoms with Crippen LogP contribution >= 0.6 is 0 Å². The highest BCUT2D eigenvalue weighted by atomic mass is 14.9. The summed E-state index contributed by atoms with van der Waals surface area (Å²) < 4.78 is 0. The van der Waals surface area contributed by atoms with E-state index in [0.717, 1.165) is 17.0 Å². The molecule has 0 amide bonds. The summed E-state index contributed by atoms with van der Waals surface area (Å²) in [5, 5.41) is 3.12. The molecule has 0 aliphatic carbocycles. The lowest BCUT2D eigenvalue weighted by Gasteiger charge is -2.12. The van der Waals surface area contributed by atoms with Crippen LogP contribution in [0.5, 0.6) is 0 Å². The number of hydrogen-bond acceptors (Lipinski definition) is 1. The molecule has 0 fully saturated rings. The second kappa shape index (κ2) is 5.41. The fourth-order valence-electron chi connectivity index (χ4n) is 0.635. The Hall–Kier alpha value is -1.24. The fraction of sp³-hybridized carbons (Fsp3) is 0.333. The first kappa shape index (κ1) is 11.8. The molecule has 13 heavy (non-hydrogen) atoms. The van der Waals surface area contributed by atoms with Crippen molar-refractivity contribution >= 4 is 0 Å². The van der Waals surface area contributed by atoms with Crippen LogP contribution in [0.15, 0.2) is 48.9 Å². The Labute approximate surface area is 81.5 Å². The molecule has 1 nitrogen and oxygen atoms in total. The summed E-state index contributed by atoms with van der Waals surface area (Å²) in [6, 6.07) is 0. The van der Waals surface area contributed by atoms with Crippen LogP contribution in [0.2, 0.25) is 0 Å². The molecule has 0 saturated carbocycles. The molecular formula is C12H19N. The van der Waals surface area contributed by atoms with Gasteiger partial charge in [-0.05, 0) is 18.9 Å². The Morgan fingerprint density at radius 3 is 2.08 bits per heavy atom. The summed E-state index contributed by atoms with van der Waals surface area (Å²) in [7, 11) is 0. The SMILES string of the molecule is C=C(C)/C=C\C(=C)NC(=C)C(C)C. The van der Waals surface area contributed by atoms with Crippen molar-refractivity contribution in [1.82, 2.24) is 5.32 Å². The second-order valence-corrected chi connectivity index (χ2v) is 3.51. The summed E-state index contributed by atoms with van der Waals surface area (Å²) in [5.74, 6) is 0.426. The third-order valence-corrected chi connectivity index (χ3v) is 1.59. The van der Waals surface area contributed by atoms with Gasteiger partial charge in [0, 0.05) is 11.4 Å². The third-order valence-electron chi connectivity index (χ3n) is 1.59. The highest BCUT2D eigenvalue weighted by Gasteiger charge is 1.98. The van der Waals surface area contributed by atoms with Gasteiger partial charge in [-0.25, -0.2) is 0 Å². The molecule has 0 heterocycles. The van der Waals surface area contributed by atoms with Crippen molar-refractivity contribution in [2.24, 2.45) is 5.92 Å². The molecule has 0 unspecified atom stereocenters. The van der Waals surface area contributed by atoms with E-state index in [9.17, 15) is 0 Å². The molecule has 0 bridgehead atoms. The molecule has 0 spiro atoms. The van der Waals surface area contributed by atoms with E-state index in [1.807, 2.05) is 19.1 Å². The topological polar surface area (TPSA) is 12.0 Å². The van der Waals surface area contributed by atoms with Crippen molar-refractivity contribution in [2.45, 2.75) is 20.8 Å². The minimum absolute atomic E-state index is 0.426. The van der Waals surface area contributed by atoms with Gasteiger partial charge in [-0.2, -0.15) is 0 Å². The largest absolute Gasteiger partial charge is 0.360 e. The van der Waals surface area contributed by atoms with Crippen molar-refractivity contribution < 1.29 is 0 Å². The molecule has 0 saturated heterocycles. The monoisotopic (exact) mass is 177 g/mol. The number of hydrogen-bond donors (Lipinski definition) is 1. The van der Waals surface area contributed by atoms with Crippen LogP contribution < -0.4 is 5.32 Å². The van der Waals surface area contributed by atoms with E-state index in [4.69, 9.17) is 0 Å². The molecule has 0 aliphatic heterocycles. The predicted octanol–water partition coefficient (Wildman–Crippen LogP) is 3.39. The summed E-state index contributed by atoms with van der Waals surface area (Å²) in [6.45, 7) is 17.6. The molecule has 1 N–H and O–H groups in total. The van der Waals surface area contributed by atoms with Gasteiger partial charge >= 0.3 is 0 Å². The van der Waals surface area contributed by atoms with Gasteiger partial charge < -0.3 is 5.32 Å². The van der Waals surface area contributed by atoms with Crippen LogP contribution in [-0.4, -0.2) is 0 Å². The minimum atomic E-state index is 0.426. The molecule has 0 aromatic rings. The van der Waals surface area contributed by atoms with E-state index < -0.39 is 0 Å². The van der Waals surface area contributed by atoms with Crippen LogP contribution in [0.4, 0.5) is 0 Å². The number of nitrogens with one attached hydrogen (secondary N) is 1. The highest BCUT2D eigenvalue weighted by Crippen LogP contribution is 2.05. The Kier molecular flexibility index (Phi) is 4.90. The zero-order valence-electron chi connectivity index (χ0n) is 8.85. The lowest BCUT2D eigenvalue weighted by Crippen LogP contribution is -2.13.